The minimum atomic E-state index is -0.547. The van der Waals surface area contributed by atoms with Gasteiger partial charge in [-0.25, -0.2) is 0 Å². The number of carbonyl (C=O) groups excluding carboxylic acids is 3. The van der Waals surface area contributed by atoms with Crippen molar-refractivity contribution in [1.82, 2.24) is 20.0 Å². The van der Waals surface area contributed by atoms with E-state index in [4.69, 9.17) is 0 Å². The second kappa shape index (κ2) is 8.77. The Labute approximate surface area is 184 Å². The van der Waals surface area contributed by atoms with Crippen LogP contribution in [0.5, 0.6) is 0 Å². The molecular formula is C23H22N4O3S. The summed E-state index contributed by atoms with van der Waals surface area (Å²) in [6, 6.07) is 15.7. The van der Waals surface area contributed by atoms with Gasteiger partial charge in [-0.2, -0.15) is 0 Å². The first kappa shape index (κ1) is 20.9. The number of rotatable bonds is 4. The van der Waals surface area contributed by atoms with Crippen molar-refractivity contribution in [2.75, 3.05) is 19.6 Å². The lowest BCUT2D eigenvalue weighted by atomic mass is 10.1. The summed E-state index contributed by atoms with van der Waals surface area (Å²) in [6.07, 6.45) is 0. The largest absolute Gasteiger partial charge is 0.335 e. The van der Waals surface area contributed by atoms with Crippen molar-refractivity contribution in [2.45, 2.75) is 19.9 Å². The van der Waals surface area contributed by atoms with E-state index < -0.39 is 11.7 Å². The van der Waals surface area contributed by atoms with Gasteiger partial charge in [0, 0.05) is 42.4 Å². The minimum Gasteiger partial charge on any atom is -0.335 e. The highest BCUT2D eigenvalue weighted by Gasteiger charge is 2.33. The maximum absolute atomic E-state index is 12.9. The average molecular weight is 435 g/mol. The third kappa shape index (κ3) is 4.39. The van der Waals surface area contributed by atoms with Crippen molar-refractivity contribution in [3.8, 4) is 10.6 Å². The first-order valence-electron chi connectivity index (χ1n) is 10.0. The van der Waals surface area contributed by atoms with Gasteiger partial charge in [0.25, 0.3) is 11.8 Å². The predicted octanol–water partition coefficient (Wildman–Crippen LogP) is 3.07. The van der Waals surface area contributed by atoms with E-state index in [1.807, 2.05) is 32.0 Å². The van der Waals surface area contributed by atoms with Gasteiger partial charge in [-0.15, -0.1) is 10.2 Å². The molecule has 1 aromatic heterocycles. The summed E-state index contributed by atoms with van der Waals surface area (Å²) in [7, 11) is 0. The molecule has 1 aliphatic heterocycles. The summed E-state index contributed by atoms with van der Waals surface area (Å²) < 4.78 is 0. The molecule has 158 valence electrons. The van der Waals surface area contributed by atoms with Crippen LogP contribution in [0.2, 0.25) is 0 Å². The van der Waals surface area contributed by atoms with E-state index in [1.165, 1.54) is 11.3 Å². The third-order valence-electron chi connectivity index (χ3n) is 5.31. The van der Waals surface area contributed by atoms with Crippen LogP contribution in [0.25, 0.3) is 10.6 Å². The number of aromatic nitrogens is 2. The Kier molecular flexibility index (Phi) is 5.90. The molecule has 0 aliphatic carbocycles. The molecule has 0 radical (unpaired) electrons. The van der Waals surface area contributed by atoms with E-state index in [1.54, 1.807) is 46.2 Å². The van der Waals surface area contributed by atoms with E-state index in [0.717, 1.165) is 15.6 Å². The third-order valence-corrected chi connectivity index (χ3v) is 6.20. The first-order valence-corrected chi connectivity index (χ1v) is 10.9. The summed E-state index contributed by atoms with van der Waals surface area (Å²) in [5.74, 6) is -1.15. The smallest absolute Gasteiger partial charge is 0.295 e. The van der Waals surface area contributed by atoms with Crippen molar-refractivity contribution in [2.24, 2.45) is 0 Å². The Hall–Kier alpha value is -3.39. The van der Waals surface area contributed by atoms with E-state index in [2.05, 4.69) is 10.2 Å². The number of amides is 2. The van der Waals surface area contributed by atoms with Crippen LogP contribution in [0.3, 0.4) is 0 Å². The van der Waals surface area contributed by atoms with Crippen LogP contribution in [0.4, 0.5) is 0 Å². The van der Waals surface area contributed by atoms with Crippen molar-refractivity contribution >= 4 is 28.9 Å². The fourth-order valence-electron chi connectivity index (χ4n) is 3.64. The summed E-state index contributed by atoms with van der Waals surface area (Å²) in [6.45, 7) is 4.85. The van der Waals surface area contributed by atoms with Crippen LogP contribution in [0, 0.1) is 6.92 Å². The fourth-order valence-corrected chi connectivity index (χ4v) is 4.34. The van der Waals surface area contributed by atoms with Crippen LogP contribution in [0.1, 0.15) is 32.6 Å². The van der Waals surface area contributed by atoms with E-state index >= 15 is 0 Å². The van der Waals surface area contributed by atoms with Crippen LogP contribution in [0.15, 0.2) is 54.6 Å². The van der Waals surface area contributed by atoms with Gasteiger partial charge in [0.2, 0.25) is 5.78 Å². The molecule has 3 aromatic rings. The molecule has 2 amide bonds. The number of benzene rings is 2. The number of hydrogen-bond acceptors (Lipinski definition) is 6. The van der Waals surface area contributed by atoms with Crippen molar-refractivity contribution in [3.63, 3.8) is 0 Å². The molecule has 0 spiro atoms. The molecule has 8 heteroatoms. The summed E-state index contributed by atoms with van der Waals surface area (Å²) in [4.78, 5) is 41.6. The van der Waals surface area contributed by atoms with E-state index in [9.17, 15) is 14.4 Å². The number of hydrogen-bond donors (Lipinski definition) is 0. The standard InChI is InChI=1S/C23H22N4O3S/c1-15-14-26(22(29)19-6-4-3-5-7-19)12-13-27(15)23(30)20(28)17-8-10-18(11-9-17)21-25-24-16(2)31-21/h3-11,15H,12-14H2,1-2H3/t15-/m1/s1. The number of carbonyl (C=O) groups is 3. The molecule has 31 heavy (non-hydrogen) atoms. The zero-order valence-corrected chi connectivity index (χ0v) is 18.1. The van der Waals surface area contributed by atoms with Gasteiger partial charge < -0.3 is 9.80 Å². The van der Waals surface area contributed by atoms with Crippen molar-refractivity contribution < 1.29 is 14.4 Å². The lowest BCUT2D eigenvalue weighted by molar-refractivity contribution is -0.130. The number of Topliss-reactive ketones (excluding diaryl/α,β-unsaturated/α-hetero) is 1. The Morgan fingerprint density at radius 3 is 2.26 bits per heavy atom. The highest BCUT2D eigenvalue weighted by Crippen LogP contribution is 2.24. The Bertz CT molecular complexity index is 1110. The van der Waals surface area contributed by atoms with Gasteiger partial charge in [-0.1, -0.05) is 53.8 Å². The molecule has 0 bridgehead atoms. The van der Waals surface area contributed by atoms with Gasteiger partial charge in [-0.05, 0) is 26.0 Å². The van der Waals surface area contributed by atoms with Gasteiger partial charge >= 0.3 is 0 Å². The summed E-state index contributed by atoms with van der Waals surface area (Å²) in [5, 5.41) is 9.74. The van der Waals surface area contributed by atoms with Crippen molar-refractivity contribution in [1.29, 1.82) is 0 Å². The van der Waals surface area contributed by atoms with Gasteiger partial charge in [-0.3, -0.25) is 14.4 Å². The second-order valence-electron chi connectivity index (χ2n) is 7.50. The highest BCUT2D eigenvalue weighted by molar-refractivity contribution is 7.14. The number of nitrogens with zero attached hydrogens (tertiary/aromatic N) is 4. The second-order valence-corrected chi connectivity index (χ2v) is 8.68. The molecule has 1 fully saturated rings. The van der Waals surface area contributed by atoms with Gasteiger partial charge in [0.05, 0.1) is 0 Å². The molecule has 2 aromatic carbocycles. The molecular weight excluding hydrogens is 412 g/mol. The number of piperazine rings is 1. The normalized spacial score (nSPS) is 16.3. The molecule has 1 aliphatic rings. The van der Waals surface area contributed by atoms with E-state index in [-0.39, 0.29) is 11.9 Å². The van der Waals surface area contributed by atoms with E-state index in [0.29, 0.717) is 30.8 Å². The maximum atomic E-state index is 12.9. The van der Waals surface area contributed by atoms with Crippen LogP contribution >= 0.6 is 11.3 Å². The molecule has 0 saturated carbocycles. The first-order chi connectivity index (χ1) is 14.9. The Morgan fingerprint density at radius 1 is 0.935 bits per heavy atom. The Morgan fingerprint density at radius 2 is 1.65 bits per heavy atom. The van der Waals surface area contributed by atoms with Gasteiger partial charge in [0.1, 0.15) is 10.0 Å². The summed E-state index contributed by atoms with van der Waals surface area (Å²) in [5.41, 5.74) is 1.82. The predicted molar refractivity (Wildman–Crippen MR) is 118 cm³/mol. The molecule has 7 nitrogen and oxygen atoms in total. The number of ketones is 1. The van der Waals surface area contributed by atoms with Crippen molar-refractivity contribution in [3.05, 3.63) is 70.7 Å². The fraction of sp³-hybridized carbons (Fsp3) is 0.261. The monoisotopic (exact) mass is 434 g/mol. The molecule has 1 atom stereocenters. The topological polar surface area (TPSA) is 83.5 Å². The lowest BCUT2D eigenvalue weighted by Gasteiger charge is -2.39. The molecule has 4 rings (SSSR count). The van der Waals surface area contributed by atoms with Crippen LogP contribution in [-0.4, -0.2) is 63.3 Å². The van der Waals surface area contributed by atoms with Gasteiger partial charge in [0.15, 0.2) is 0 Å². The van der Waals surface area contributed by atoms with Crippen LogP contribution in [-0.2, 0) is 4.79 Å². The highest BCUT2D eigenvalue weighted by atomic mass is 32.1. The number of aryl methyl sites for hydroxylation is 1. The van der Waals surface area contributed by atoms with Crippen LogP contribution < -0.4 is 0 Å². The lowest BCUT2D eigenvalue weighted by Crippen LogP contribution is -2.56. The maximum Gasteiger partial charge on any atom is 0.295 e. The summed E-state index contributed by atoms with van der Waals surface area (Å²) >= 11 is 1.47. The molecule has 1 saturated heterocycles. The molecule has 0 unspecified atom stereocenters. The molecule has 0 N–H and O–H groups in total. The minimum absolute atomic E-state index is 0.0617. The zero-order valence-electron chi connectivity index (χ0n) is 17.3. The molecule has 2 heterocycles. The Balaban J connectivity index is 1.41. The zero-order chi connectivity index (χ0) is 22.0. The quantitative estimate of drug-likeness (QED) is 0.466. The SMILES string of the molecule is Cc1nnc(-c2ccc(C(=O)C(=O)N3CCN(C(=O)c4ccccc4)C[C@H]3C)cc2)s1. The average Bonchev–Trinajstić information content (AvgIpc) is 3.24.